The zero-order chi connectivity index (χ0) is 52.1. The minimum Gasteiger partial charge on any atom is -0.478 e. The Morgan fingerprint density at radius 3 is 0.863 bits per heavy atom. The van der Waals surface area contributed by atoms with Gasteiger partial charge in [0.25, 0.3) is 0 Å². The average Bonchev–Trinajstić information content (AvgIpc) is 3.84. The van der Waals surface area contributed by atoms with Gasteiger partial charge in [-0.25, -0.2) is 14.4 Å². The summed E-state index contributed by atoms with van der Waals surface area (Å²) in [5.41, 5.74) is 15.0. The Hall–Kier alpha value is -8.24. The molecule has 0 saturated carbocycles. The maximum Gasteiger partial charge on any atom is 0.335 e. The predicted octanol–water partition coefficient (Wildman–Crippen LogP) is 13.6. The first-order valence-corrected chi connectivity index (χ1v) is 25.0. The summed E-state index contributed by atoms with van der Waals surface area (Å²) in [6.07, 6.45) is 12.8. The highest BCUT2D eigenvalue weighted by Crippen LogP contribution is 2.44. The molecular weight excluding hydrogens is 909 g/mol. The molecule has 0 aliphatic carbocycles. The number of nitrogens with zero attached hydrogens (tertiary/aromatic N) is 4. The molecule has 3 aliphatic rings. The van der Waals surface area contributed by atoms with E-state index in [0.29, 0.717) is 0 Å². The molecule has 0 spiro atoms. The lowest BCUT2D eigenvalue weighted by Gasteiger charge is -2.26. The third kappa shape index (κ3) is 8.85. The van der Waals surface area contributed by atoms with Gasteiger partial charge in [-0.2, -0.15) is 13.7 Å². The SMILES string of the molecule is CC[N+]1=C(C=Cc2ccc(N(c3ccc(C=CC4=[N+](CC)c5ccc(C(=O)O)cc5C4(C)C)cc3)c3ccc(C=CC4=[N+](CC)c5ccc(C(=O)O)cc5C4(C)C)cc3)cc2)C(C)(C)c2cc(C(=O)O)ccc21. The quantitative estimate of drug-likeness (QED) is 0.0876. The molecule has 0 radical (unpaired) electrons. The van der Waals surface area contributed by atoms with Gasteiger partial charge in [0.05, 0.1) is 32.9 Å². The second-order valence-electron chi connectivity index (χ2n) is 20.5. The molecule has 0 unspecified atom stereocenters. The number of carboxylic acid groups (broad SMARTS) is 3. The molecule has 0 atom stereocenters. The third-order valence-electron chi connectivity index (χ3n) is 15.1. The van der Waals surface area contributed by atoms with Crippen molar-refractivity contribution < 1.29 is 43.4 Å². The van der Waals surface area contributed by atoms with Crippen LogP contribution in [0.3, 0.4) is 0 Å². The highest BCUT2D eigenvalue weighted by Gasteiger charge is 2.46. The van der Waals surface area contributed by atoms with Gasteiger partial charge in [-0.05, 0) is 170 Å². The number of carbonyl (C=O) groups is 3. The molecular formula is C63H63N4O6+3. The van der Waals surface area contributed by atoms with Crippen LogP contribution in [-0.2, 0) is 16.2 Å². The van der Waals surface area contributed by atoms with Crippen molar-refractivity contribution in [1.82, 2.24) is 0 Å². The van der Waals surface area contributed by atoms with Crippen molar-refractivity contribution in [2.24, 2.45) is 0 Å². The van der Waals surface area contributed by atoms with E-state index in [9.17, 15) is 29.7 Å². The smallest absolute Gasteiger partial charge is 0.335 e. The van der Waals surface area contributed by atoms with Gasteiger partial charge in [-0.1, -0.05) is 36.4 Å². The van der Waals surface area contributed by atoms with Crippen molar-refractivity contribution in [1.29, 1.82) is 0 Å². The summed E-state index contributed by atoms with van der Waals surface area (Å²) in [7, 11) is 0. The first kappa shape index (κ1) is 49.7. The van der Waals surface area contributed by atoms with E-state index in [-0.39, 0.29) is 16.7 Å². The Kier molecular flexibility index (Phi) is 13.0. The number of anilines is 3. The summed E-state index contributed by atoms with van der Waals surface area (Å²) in [6, 6.07) is 41.7. The molecule has 0 saturated heterocycles. The fourth-order valence-electron chi connectivity index (χ4n) is 11.1. The number of hydrogen-bond donors (Lipinski definition) is 3. The van der Waals surface area contributed by atoms with Crippen LogP contribution in [0.2, 0.25) is 0 Å². The third-order valence-corrected chi connectivity index (χ3v) is 15.1. The molecule has 10 heteroatoms. The van der Waals surface area contributed by atoms with Crippen molar-refractivity contribution in [3.63, 3.8) is 0 Å². The van der Waals surface area contributed by atoms with Gasteiger partial charge in [0.2, 0.25) is 17.1 Å². The second-order valence-corrected chi connectivity index (χ2v) is 20.5. The molecule has 3 aliphatic heterocycles. The lowest BCUT2D eigenvalue weighted by molar-refractivity contribution is -0.433. The fraction of sp³-hybridized carbons (Fsp3) is 0.238. The van der Waals surface area contributed by atoms with E-state index >= 15 is 0 Å². The number of aromatic carboxylic acids is 3. The maximum absolute atomic E-state index is 11.9. The van der Waals surface area contributed by atoms with Gasteiger partial charge in [-0.15, -0.1) is 0 Å². The highest BCUT2D eigenvalue weighted by atomic mass is 16.4. The van der Waals surface area contributed by atoms with Crippen LogP contribution in [0.5, 0.6) is 0 Å². The average molecular weight is 972 g/mol. The Bertz CT molecular complexity index is 3070. The normalized spacial score (nSPS) is 16.2. The molecule has 9 rings (SSSR count). The minimum absolute atomic E-state index is 0.284. The summed E-state index contributed by atoms with van der Waals surface area (Å²) >= 11 is 0. The van der Waals surface area contributed by atoms with E-state index in [0.717, 1.165) is 104 Å². The molecule has 368 valence electrons. The molecule has 0 amide bonds. The molecule has 73 heavy (non-hydrogen) atoms. The second kappa shape index (κ2) is 19.1. The minimum atomic E-state index is -0.934. The van der Waals surface area contributed by atoms with Crippen LogP contribution in [-0.4, -0.2) is 83.7 Å². The monoisotopic (exact) mass is 971 g/mol. The van der Waals surface area contributed by atoms with Crippen LogP contribution in [0.15, 0.2) is 146 Å². The lowest BCUT2D eigenvalue weighted by atomic mass is 9.80. The predicted molar refractivity (Wildman–Crippen MR) is 294 cm³/mol. The zero-order valence-corrected chi connectivity index (χ0v) is 43.1. The number of benzene rings is 6. The number of fused-ring (bicyclic) bond motifs is 3. The van der Waals surface area contributed by atoms with E-state index in [1.807, 2.05) is 18.2 Å². The summed E-state index contributed by atoms with van der Waals surface area (Å²) < 4.78 is 6.78. The fourth-order valence-corrected chi connectivity index (χ4v) is 11.1. The van der Waals surface area contributed by atoms with Crippen molar-refractivity contribution in [2.45, 2.75) is 78.6 Å². The Morgan fingerprint density at radius 1 is 0.397 bits per heavy atom. The number of allylic oxidation sites excluding steroid dienone is 3. The topological polar surface area (TPSA) is 124 Å². The van der Waals surface area contributed by atoms with Gasteiger partial charge in [0.1, 0.15) is 19.6 Å². The van der Waals surface area contributed by atoms with E-state index < -0.39 is 34.2 Å². The van der Waals surface area contributed by atoms with E-state index in [1.54, 1.807) is 36.4 Å². The molecule has 6 aromatic rings. The van der Waals surface area contributed by atoms with Crippen molar-refractivity contribution in [2.75, 3.05) is 24.5 Å². The van der Waals surface area contributed by atoms with Gasteiger partial charge in [0.15, 0.2) is 17.1 Å². The summed E-state index contributed by atoms with van der Waals surface area (Å²) in [5.74, 6) is -2.80. The zero-order valence-electron chi connectivity index (χ0n) is 43.1. The van der Waals surface area contributed by atoms with Crippen molar-refractivity contribution in [3.05, 3.63) is 196 Å². The molecule has 3 N–H and O–H groups in total. The molecule has 10 nitrogen and oxygen atoms in total. The van der Waals surface area contributed by atoms with Gasteiger partial charge in [-0.3, -0.25) is 0 Å². The number of rotatable bonds is 15. The summed E-state index contributed by atoms with van der Waals surface area (Å²) in [4.78, 5) is 37.9. The summed E-state index contributed by atoms with van der Waals surface area (Å²) in [6.45, 7) is 21.4. The van der Waals surface area contributed by atoms with Crippen molar-refractivity contribution >= 4 is 87.4 Å². The number of hydrogen-bond acceptors (Lipinski definition) is 4. The van der Waals surface area contributed by atoms with Crippen LogP contribution in [0.25, 0.3) is 18.2 Å². The maximum atomic E-state index is 11.9. The molecule has 0 bridgehead atoms. The summed E-state index contributed by atoms with van der Waals surface area (Å²) in [5, 5.41) is 29.3. The van der Waals surface area contributed by atoms with Crippen LogP contribution < -0.4 is 4.90 Å². The lowest BCUT2D eigenvalue weighted by Crippen LogP contribution is -2.27. The Morgan fingerprint density at radius 2 is 0.644 bits per heavy atom. The molecule has 6 aromatic carbocycles. The van der Waals surface area contributed by atoms with Crippen LogP contribution >= 0.6 is 0 Å². The van der Waals surface area contributed by atoms with Gasteiger partial charge >= 0.3 is 17.9 Å². The standard InChI is InChI=1S/C63H60N4O6/c1-10-64-52-31-22-43(58(68)69)37-49(52)61(4,5)55(64)34-19-40-13-25-46(26-14-40)67(47-27-15-41(16-28-47)20-35-56-62(6,7)50-38-44(59(70)71)23-32-53(50)65(56)11-2)48-29-17-42(18-30-48)21-36-57-63(8,9)51-39-45(60(72)73)24-33-54(51)66(57)12-3/h13-39H,10-12H2,1-9H3/p+3. The van der Waals surface area contributed by atoms with Crippen LogP contribution in [0.1, 0.15) is 127 Å². The van der Waals surface area contributed by atoms with E-state index in [1.165, 1.54) is 0 Å². The Balaban J connectivity index is 1.03. The van der Waals surface area contributed by atoms with Gasteiger partial charge < -0.3 is 20.2 Å². The van der Waals surface area contributed by atoms with Gasteiger partial charge in [0, 0.05) is 70.2 Å². The van der Waals surface area contributed by atoms with Crippen LogP contribution in [0.4, 0.5) is 34.1 Å². The number of carboxylic acids is 3. The van der Waals surface area contributed by atoms with Crippen molar-refractivity contribution in [3.8, 4) is 0 Å². The highest BCUT2D eigenvalue weighted by molar-refractivity contribution is 6.08. The van der Waals surface area contributed by atoms with Crippen LogP contribution in [0, 0.1) is 0 Å². The molecule has 0 aromatic heterocycles. The van der Waals surface area contributed by atoms with E-state index in [2.05, 4.69) is 190 Å². The largest absolute Gasteiger partial charge is 0.478 e. The Labute approximate surface area is 427 Å². The van der Waals surface area contributed by atoms with E-state index in [4.69, 9.17) is 0 Å². The molecule has 3 heterocycles. The molecule has 0 fully saturated rings. The first-order chi connectivity index (χ1) is 34.8. The first-order valence-electron chi connectivity index (χ1n) is 25.0.